The first-order chi connectivity index (χ1) is 10.6. The Morgan fingerprint density at radius 2 is 2.00 bits per heavy atom. The van der Waals surface area contributed by atoms with Crippen LogP contribution in [0.25, 0.3) is 0 Å². The fourth-order valence-electron chi connectivity index (χ4n) is 2.29. The number of carbonyl (C=O) groups is 1. The molecule has 2 heterocycles. The summed E-state index contributed by atoms with van der Waals surface area (Å²) in [6.45, 7) is 0.774. The highest BCUT2D eigenvalue weighted by atomic mass is 16.7. The maximum atomic E-state index is 11.2. The maximum absolute atomic E-state index is 11.2. The molecule has 0 spiro atoms. The van der Waals surface area contributed by atoms with E-state index in [-0.39, 0.29) is 13.2 Å². The van der Waals surface area contributed by atoms with Crippen LogP contribution in [0.1, 0.15) is 5.56 Å². The molecule has 0 aliphatic carbocycles. The first-order valence-electron chi connectivity index (χ1n) is 6.87. The van der Waals surface area contributed by atoms with Crippen LogP contribution in [0.3, 0.4) is 0 Å². The number of ether oxygens (including phenoxy) is 4. The summed E-state index contributed by atoms with van der Waals surface area (Å²) in [5.74, 6) is -2.27. The van der Waals surface area contributed by atoms with Gasteiger partial charge in [-0.2, -0.15) is 0 Å². The summed E-state index contributed by atoms with van der Waals surface area (Å²) in [6.07, 6.45) is -2.31. The topological polar surface area (TPSA) is 94.5 Å². The molecule has 2 aliphatic heterocycles. The van der Waals surface area contributed by atoms with Crippen molar-refractivity contribution in [2.75, 3.05) is 13.2 Å². The van der Waals surface area contributed by atoms with E-state index in [1.165, 1.54) is 0 Å². The van der Waals surface area contributed by atoms with Gasteiger partial charge in [-0.1, -0.05) is 30.3 Å². The molecule has 118 valence electrons. The summed E-state index contributed by atoms with van der Waals surface area (Å²) in [6, 6.07) is 9.67. The van der Waals surface area contributed by atoms with Crippen molar-refractivity contribution in [3.63, 3.8) is 0 Å². The van der Waals surface area contributed by atoms with Gasteiger partial charge in [0, 0.05) is 0 Å². The van der Waals surface area contributed by atoms with E-state index in [2.05, 4.69) is 0 Å². The highest BCUT2D eigenvalue weighted by molar-refractivity contribution is 5.89. The quantitative estimate of drug-likeness (QED) is 0.789. The number of aliphatic hydroxyl groups excluding tert-OH is 2. The fourth-order valence-corrected chi connectivity index (χ4v) is 2.29. The number of aliphatic hydroxyl groups is 2. The Morgan fingerprint density at radius 3 is 2.68 bits per heavy atom. The zero-order chi connectivity index (χ0) is 15.5. The predicted octanol–water partition coefficient (Wildman–Crippen LogP) is 1.20. The van der Waals surface area contributed by atoms with Crippen LogP contribution in [0.5, 0.6) is 0 Å². The molecule has 7 heteroatoms. The molecule has 1 fully saturated rings. The van der Waals surface area contributed by atoms with E-state index >= 15 is 0 Å². The van der Waals surface area contributed by atoms with Crippen LogP contribution in [-0.2, 0) is 30.3 Å². The lowest BCUT2D eigenvalue weighted by Gasteiger charge is -2.16. The van der Waals surface area contributed by atoms with Gasteiger partial charge in [-0.05, 0) is 5.56 Å². The van der Waals surface area contributed by atoms with Gasteiger partial charge in [0.15, 0.2) is 18.2 Å². The third-order valence-electron chi connectivity index (χ3n) is 3.42. The van der Waals surface area contributed by atoms with Gasteiger partial charge < -0.3 is 29.2 Å². The Labute approximate surface area is 126 Å². The van der Waals surface area contributed by atoms with Crippen LogP contribution >= 0.6 is 0 Å². The molecule has 0 aromatic heterocycles. The van der Waals surface area contributed by atoms with Crippen LogP contribution in [0.15, 0.2) is 41.9 Å². The maximum Gasteiger partial charge on any atom is 0.377 e. The Morgan fingerprint density at radius 1 is 1.23 bits per heavy atom. The van der Waals surface area contributed by atoms with E-state index in [0.29, 0.717) is 6.61 Å². The predicted molar refractivity (Wildman–Crippen MR) is 72.9 cm³/mol. The molecule has 1 saturated heterocycles. The van der Waals surface area contributed by atoms with E-state index in [9.17, 15) is 15.0 Å². The summed E-state index contributed by atoms with van der Waals surface area (Å²) in [4.78, 5) is 11.2. The monoisotopic (exact) mass is 308 g/mol. The lowest BCUT2D eigenvalue weighted by molar-refractivity contribution is -0.152. The lowest BCUT2D eigenvalue weighted by atomic mass is 10.2. The number of rotatable bonds is 5. The number of benzene rings is 1. The minimum Gasteiger partial charge on any atom is -0.505 e. The summed E-state index contributed by atoms with van der Waals surface area (Å²) < 4.78 is 21.2. The first-order valence-corrected chi connectivity index (χ1v) is 6.87. The molecule has 1 unspecified atom stereocenters. The lowest BCUT2D eigenvalue weighted by Crippen LogP contribution is -2.31. The number of carbonyl (C=O) groups excluding carboxylic acids is 1. The minimum absolute atomic E-state index is 0.134. The van der Waals surface area contributed by atoms with Crippen molar-refractivity contribution in [2.45, 2.75) is 25.1 Å². The van der Waals surface area contributed by atoms with Gasteiger partial charge >= 0.3 is 5.97 Å². The van der Waals surface area contributed by atoms with E-state index in [1.807, 2.05) is 30.3 Å². The molecule has 0 bridgehead atoms. The molecular weight excluding hydrogens is 292 g/mol. The van der Waals surface area contributed by atoms with Gasteiger partial charge in [-0.15, -0.1) is 0 Å². The zero-order valence-corrected chi connectivity index (χ0v) is 11.7. The first kappa shape index (κ1) is 14.8. The van der Waals surface area contributed by atoms with Crippen molar-refractivity contribution >= 4 is 5.97 Å². The molecule has 3 rings (SSSR count). The average Bonchev–Trinajstić information content (AvgIpc) is 3.09. The number of hydrogen-bond acceptors (Lipinski definition) is 7. The van der Waals surface area contributed by atoms with Crippen LogP contribution in [0.4, 0.5) is 0 Å². The standard InChI is InChI=1S/C15H16O7/c16-12-13(17)15(18)22-14(12)10-7-20-11(21-10)8-19-6-9-4-2-1-3-5-9/h1-5,10-11,14,16-17H,6-8H2/t10-,11-,14?/m0/s1. The van der Waals surface area contributed by atoms with Gasteiger partial charge in [-0.3, -0.25) is 0 Å². The van der Waals surface area contributed by atoms with Crippen molar-refractivity contribution in [1.82, 2.24) is 0 Å². The SMILES string of the molecule is O=C1OC([C@@H]2CO[C@H](COCc3ccccc3)O2)C(O)=C1O. The number of hydrogen-bond donors (Lipinski definition) is 2. The summed E-state index contributed by atoms with van der Waals surface area (Å²) in [5, 5.41) is 18.9. The molecule has 2 aliphatic rings. The van der Waals surface area contributed by atoms with Crippen LogP contribution in [0, 0.1) is 0 Å². The minimum atomic E-state index is -1.04. The van der Waals surface area contributed by atoms with Gasteiger partial charge in [0.1, 0.15) is 6.10 Å². The molecule has 0 saturated carbocycles. The van der Waals surface area contributed by atoms with E-state index in [1.54, 1.807) is 0 Å². The Hall–Kier alpha value is -2.09. The van der Waals surface area contributed by atoms with E-state index in [0.717, 1.165) is 5.56 Å². The summed E-state index contributed by atoms with van der Waals surface area (Å²) >= 11 is 0. The number of cyclic esters (lactones) is 1. The zero-order valence-electron chi connectivity index (χ0n) is 11.7. The molecule has 3 atom stereocenters. The van der Waals surface area contributed by atoms with Gasteiger partial charge in [0.2, 0.25) is 5.76 Å². The molecule has 7 nitrogen and oxygen atoms in total. The highest BCUT2D eigenvalue weighted by Gasteiger charge is 2.44. The average molecular weight is 308 g/mol. The third kappa shape index (κ3) is 3.06. The van der Waals surface area contributed by atoms with Crippen LogP contribution in [0.2, 0.25) is 0 Å². The van der Waals surface area contributed by atoms with Crippen molar-refractivity contribution in [3.05, 3.63) is 47.4 Å². The van der Waals surface area contributed by atoms with Gasteiger partial charge in [0.05, 0.1) is 19.8 Å². The summed E-state index contributed by atoms with van der Waals surface area (Å²) in [7, 11) is 0. The summed E-state index contributed by atoms with van der Waals surface area (Å²) in [5.41, 5.74) is 1.03. The largest absolute Gasteiger partial charge is 0.505 e. The smallest absolute Gasteiger partial charge is 0.377 e. The van der Waals surface area contributed by atoms with E-state index < -0.39 is 36.0 Å². The Kier molecular flexibility index (Phi) is 4.28. The van der Waals surface area contributed by atoms with Crippen molar-refractivity contribution in [1.29, 1.82) is 0 Å². The molecule has 1 aromatic rings. The molecule has 1 aromatic carbocycles. The van der Waals surface area contributed by atoms with Crippen molar-refractivity contribution < 1.29 is 34.0 Å². The van der Waals surface area contributed by atoms with Crippen LogP contribution in [-0.4, -0.2) is 47.9 Å². The molecule has 22 heavy (non-hydrogen) atoms. The number of esters is 1. The fraction of sp³-hybridized carbons (Fsp3) is 0.400. The molecule has 2 N–H and O–H groups in total. The van der Waals surface area contributed by atoms with Crippen LogP contribution < -0.4 is 0 Å². The van der Waals surface area contributed by atoms with E-state index in [4.69, 9.17) is 18.9 Å². The third-order valence-corrected chi connectivity index (χ3v) is 3.42. The second kappa shape index (κ2) is 6.35. The molecular formula is C15H16O7. The Bertz CT molecular complexity index is 569. The van der Waals surface area contributed by atoms with Crippen molar-refractivity contribution in [3.8, 4) is 0 Å². The normalized spacial score (nSPS) is 28.2. The van der Waals surface area contributed by atoms with Crippen molar-refractivity contribution in [2.24, 2.45) is 0 Å². The second-order valence-electron chi connectivity index (χ2n) is 5.00. The molecule has 0 amide bonds. The highest BCUT2D eigenvalue weighted by Crippen LogP contribution is 2.27. The second-order valence-corrected chi connectivity index (χ2v) is 5.00. The Balaban J connectivity index is 1.46. The molecule has 0 radical (unpaired) electrons. The van der Waals surface area contributed by atoms with Gasteiger partial charge in [0.25, 0.3) is 0 Å². The van der Waals surface area contributed by atoms with Gasteiger partial charge in [-0.25, -0.2) is 4.79 Å².